The number of nitrogens with zero attached hydrogens (tertiary/aromatic N) is 2. The molecule has 2 aliphatic rings. The number of alkyl halides is 3. The van der Waals surface area contributed by atoms with Gasteiger partial charge in [0.25, 0.3) is 11.8 Å². The van der Waals surface area contributed by atoms with Crippen molar-refractivity contribution in [3.63, 3.8) is 0 Å². The Morgan fingerprint density at radius 2 is 2.10 bits per heavy atom. The summed E-state index contributed by atoms with van der Waals surface area (Å²) in [5.74, 6) is -2.88. The molecule has 2 N–H and O–H groups in total. The van der Waals surface area contributed by atoms with Crippen molar-refractivity contribution < 1.29 is 23.1 Å². The smallest absolute Gasteiger partial charge is 0.253 e. The molecule has 2 unspecified atom stereocenters. The molecule has 2 heterocycles. The molecule has 0 radical (unpaired) electrons. The molecule has 1 saturated carbocycles. The lowest BCUT2D eigenvalue weighted by molar-refractivity contribution is -0.121. The Morgan fingerprint density at radius 3 is 2.80 bits per heavy atom. The summed E-state index contributed by atoms with van der Waals surface area (Å²) in [6.45, 7) is 0.567. The molecule has 5 nitrogen and oxygen atoms in total. The molecule has 1 amide bonds. The van der Waals surface area contributed by atoms with Crippen molar-refractivity contribution in [2.24, 2.45) is 0 Å². The predicted molar refractivity (Wildman–Crippen MR) is 109 cm³/mol. The molecule has 0 bridgehead atoms. The first-order valence-corrected chi connectivity index (χ1v) is 10.4. The van der Waals surface area contributed by atoms with Crippen molar-refractivity contribution >= 4 is 34.2 Å². The molecule has 2 fully saturated rings. The highest BCUT2D eigenvalue weighted by atomic mass is 35.5. The van der Waals surface area contributed by atoms with Crippen LogP contribution in [0.2, 0.25) is 5.02 Å². The lowest BCUT2D eigenvalue weighted by atomic mass is 9.82. The third kappa shape index (κ3) is 4.34. The average Bonchev–Trinajstić information content (AvgIpc) is 3.11. The second-order valence-corrected chi connectivity index (χ2v) is 8.69. The Kier molecular flexibility index (Phi) is 5.57. The van der Waals surface area contributed by atoms with Gasteiger partial charge < -0.3 is 15.3 Å². The van der Waals surface area contributed by atoms with Crippen molar-refractivity contribution in [2.45, 2.75) is 49.8 Å². The van der Waals surface area contributed by atoms with E-state index in [-0.39, 0.29) is 42.9 Å². The highest BCUT2D eigenvalue weighted by Crippen LogP contribution is 2.39. The molecular formula is C21H23ClF3N3O2. The molecule has 1 aliphatic heterocycles. The number of anilines is 1. The Labute approximate surface area is 177 Å². The highest BCUT2D eigenvalue weighted by Gasteiger charge is 2.44. The highest BCUT2D eigenvalue weighted by molar-refractivity contribution is 6.35. The van der Waals surface area contributed by atoms with Crippen LogP contribution in [-0.2, 0) is 0 Å². The molecule has 1 aromatic carbocycles. The van der Waals surface area contributed by atoms with E-state index in [4.69, 9.17) is 11.6 Å². The zero-order chi connectivity index (χ0) is 21.5. The number of nitrogens with one attached hydrogen (secondary N) is 1. The molecular weight excluding hydrogens is 419 g/mol. The fourth-order valence-corrected chi connectivity index (χ4v) is 4.57. The van der Waals surface area contributed by atoms with E-state index in [0.717, 1.165) is 0 Å². The number of carbonyl (C=O) groups excluding carboxylic acids is 1. The predicted octanol–water partition coefficient (Wildman–Crippen LogP) is 4.11. The van der Waals surface area contributed by atoms with Crippen LogP contribution >= 0.6 is 11.6 Å². The van der Waals surface area contributed by atoms with Crippen LogP contribution in [0.15, 0.2) is 24.3 Å². The van der Waals surface area contributed by atoms with E-state index in [1.54, 1.807) is 24.3 Å². The number of hydrogen-bond donors (Lipinski definition) is 2. The van der Waals surface area contributed by atoms with Crippen LogP contribution in [0.25, 0.3) is 10.9 Å². The first-order chi connectivity index (χ1) is 14.2. The van der Waals surface area contributed by atoms with Gasteiger partial charge in [-0.3, -0.25) is 4.79 Å². The number of benzene rings is 1. The second kappa shape index (κ2) is 7.89. The fraction of sp³-hybridized carbons (Fsp3) is 0.524. The minimum absolute atomic E-state index is 0.171. The molecule has 1 saturated heterocycles. The van der Waals surface area contributed by atoms with Crippen molar-refractivity contribution in [1.29, 1.82) is 0 Å². The van der Waals surface area contributed by atoms with Gasteiger partial charge in [0, 0.05) is 31.3 Å². The van der Waals surface area contributed by atoms with Gasteiger partial charge in [-0.2, -0.15) is 0 Å². The summed E-state index contributed by atoms with van der Waals surface area (Å²) in [4.78, 5) is 19.2. The Bertz CT molecular complexity index is 974. The number of rotatable bonds is 4. The second-order valence-electron chi connectivity index (χ2n) is 8.28. The lowest BCUT2D eigenvalue weighted by Gasteiger charge is -2.36. The van der Waals surface area contributed by atoms with Crippen LogP contribution in [-0.4, -0.2) is 53.3 Å². The zero-order valence-corrected chi connectivity index (χ0v) is 17.1. The Hall–Kier alpha value is -2.06. The summed E-state index contributed by atoms with van der Waals surface area (Å²) in [6, 6.07) is 6.63. The maximum absolute atomic E-state index is 13.7. The van der Waals surface area contributed by atoms with Crippen molar-refractivity contribution in [3.8, 4) is 0 Å². The molecule has 0 spiro atoms. The van der Waals surface area contributed by atoms with E-state index in [0.29, 0.717) is 29.7 Å². The van der Waals surface area contributed by atoms with Gasteiger partial charge in [-0.25, -0.2) is 18.2 Å². The van der Waals surface area contributed by atoms with Crippen LogP contribution in [0.4, 0.5) is 19.0 Å². The number of carbonyl (C=O) groups is 1. The summed E-state index contributed by atoms with van der Waals surface area (Å²) >= 11 is 6.25. The van der Waals surface area contributed by atoms with Crippen molar-refractivity contribution in [2.75, 3.05) is 24.5 Å². The molecule has 2 aromatic rings. The van der Waals surface area contributed by atoms with Crippen LogP contribution in [0, 0.1) is 0 Å². The van der Waals surface area contributed by atoms with Crippen LogP contribution < -0.4 is 10.2 Å². The van der Waals surface area contributed by atoms with E-state index in [2.05, 4.69) is 10.3 Å². The van der Waals surface area contributed by atoms with E-state index < -0.39 is 30.0 Å². The third-order valence-corrected chi connectivity index (χ3v) is 6.15. The van der Waals surface area contributed by atoms with Gasteiger partial charge in [0.1, 0.15) is 12.0 Å². The fourth-order valence-electron chi connectivity index (χ4n) is 4.32. The van der Waals surface area contributed by atoms with Crippen LogP contribution in [0.1, 0.15) is 42.5 Å². The summed E-state index contributed by atoms with van der Waals surface area (Å²) in [6.07, 6.45) is -0.977. The van der Waals surface area contributed by atoms with Crippen LogP contribution in [0.5, 0.6) is 0 Å². The van der Waals surface area contributed by atoms with Gasteiger partial charge in [0.05, 0.1) is 28.2 Å². The van der Waals surface area contributed by atoms with E-state index in [1.807, 2.05) is 4.90 Å². The largest absolute Gasteiger partial charge is 0.388 e. The van der Waals surface area contributed by atoms with Gasteiger partial charge in [-0.05, 0) is 43.5 Å². The summed E-state index contributed by atoms with van der Waals surface area (Å²) in [5, 5.41) is 13.7. The molecule has 30 heavy (non-hydrogen) atoms. The molecule has 2 atom stereocenters. The van der Waals surface area contributed by atoms with Gasteiger partial charge in [0.15, 0.2) is 0 Å². The van der Waals surface area contributed by atoms with Gasteiger partial charge in [-0.15, -0.1) is 0 Å². The zero-order valence-electron chi connectivity index (χ0n) is 16.3. The van der Waals surface area contributed by atoms with Crippen molar-refractivity contribution in [3.05, 3.63) is 34.9 Å². The van der Waals surface area contributed by atoms with E-state index in [9.17, 15) is 23.1 Å². The lowest BCUT2D eigenvalue weighted by Crippen LogP contribution is -2.49. The minimum Gasteiger partial charge on any atom is -0.388 e. The quantitative estimate of drug-likeness (QED) is 0.749. The number of hydrogen-bond acceptors (Lipinski definition) is 4. The Morgan fingerprint density at radius 1 is 1.30 bits per heavy atom. The topological polar surface area (TPSA) is 65.5 Å². The summed E-state index contributed by atoms with van der Waals surface area (Å²) in [5.41, 5.74) is -0.963. The number of pyridine rings is 1. The molecule has 1 aliphatic carbocycles. The minimum atomic E-state index is -2.94. The first kappa shape index (κ1) is 21.2. The Balaban J connectivity index is 1.55. The number of fused-ring (bicyclic) bond motifs is 1. The number of halogens is 4. The van der Waals surface area contributed by atoms with E-state index in [1.165, 1.54) is 0 Å². The van der Waals surface area contributed by atoms with Gasteiger partial charge >= 0.3 is 0 Å². The molecule has 1 aromatic heterocycles. The number of aliphatic hydroxyl groups is 1. The number of amides is 1. The molecule has 4 rings (SSSR count). The standard InChI is InChI=1S/C21H23ClF3N3O2/c22-15-3-4-16-14(2-5-17(27-16)28-9-6-13(23)10-28)18(15)19(29)26-12-20(30)7-1-8-21(24,25)11-20/h2-5,13,30H,1,6-12H2,(H,26,29). The molecule has 162 valence electrons. The summed E-state index contributed by atoms with van der Waals surface area (Å²) < 4.78 is 40.9. The maximum Gasteiger partial charge on any atom is 0.253 e. The molecule has 9 heteroatoms. The van der Waals surface area contributed by atoms with E-state index >= 15 is 0 Å². The monoisotopic (exact) mass is 441 g/mol. The van der Waals surface area contributed by atoms with Crippen molar-refractivity contribution in [1.82, 2.24) is 10.3 Å². The van der Waals surface area contributed by atoms with Crippen LogP contribution in [0.3, 0.4) is 0 Å². The third-order valence-electron chi connectivity index (χ3n) is 5.84. The van der Waals surface area contributed by atoms with Gasteiger partial charge in [-0.1, -0.05) is 11.6 Å². The SMILES string of the molecule is O=C(NCC1(O)CCCC(F)(F)C1)c1c(Cl)ccc2nc(N3CCC(F)C3)ccc12. The maximum atomic E-state index is 13.7. The average molecular weight is 442 g/mol. The number of aromatic nitrogens is 1. The normalized spacial score (nSPS) is 26.2. The first-order valence-electron chi connectivity index (χ1n) is 10.0. The summed E-state index contributed by atoms with van der Waals surface area (Å²) in [7, 11) is 0. The van der Waals surface area contributed by atoms with Gasteiger partial charge in [0.2, 0.25) is 0 Å².